The third-order valence-electron chi connectivity index (χ3n) is 5.17. The second kappa shape index (κ2) is 9.79. The lowest BCUT2D eigenvalue weighted by Gasteiger charge is -2.24. The summed E-state index contributed by atoms with van der Waals surface area (Å²) >= 11 is 7.51. The Kier molecular flexibility index (Phi) is 6.81. The summed E-state index contributed by atoms with van der Waals surface area (Å²) < 4.78 is 12.3. The van der Waals surface area contributed by atoms with Gasteiger partial charge in [0.05, 0.1) is 28.5 Å². The summed E-state index contributed by atoms with van der Waals surface area (Å²) in [6, 6.07) is 13.1. The third kappa shape index (κ3) is 4.60. The van der Waals surface area contributed by atoms with Crippen LogP contribution in [0.2, 0.25) is 5.02 Å². The average Bonchev–Trinajstić information content (AvgIpc) is 3.09. The molecule has 0 saturated carbocycles. The zero-order chi connectivity index (χ0) is 24.4. The molecule has 174 valence electrons. The van der Waals surface area contributed by atoms with Gasteiger partial charge in [0, 0.05) is 11.9 Å². The summed E-state index contributed by atoms with van der Waals surface area (Å²) in [5, 5.41) is 0.523. The summed E-state index contributed by atoms with van der Waals surface area (Å²) in [4.78, 5) is 42.8. The number of aromatic nitrogens is 1. The number of ether oxygens (including phenoxy) is 2. The van der Waals surface area contributed by atoms with Gasteiger partial charge in [-0.15, -0.1) is 0 Å². The van der Waals surface area contributed by atoms with E-state index in [0.717, 1.165) is 0 Å². The normalized spacial score (nSPS) is 15.5. The number of hydrogen-bond donors (Lipinski definition) is 0. The van der Waals surface area contributed by atoms with Crippen LogP contribution >= 0.6 is 22.9 Å². The van der Waals surface area contributed by atoms with Crippen LogP contribution in [-0.2, 0) is 14.3 Å². The van der Waals surface area contributed by atoms with Crippen molar-refractivity contribution in [2.24, 2.45) is 4.99 Å². The Balaban J connectivity index is 1.92. The molecule has 0 spiro atoms. The Morgan fingerprint density at radius 2 is 1.88 bits per heavy atom. The number of nitrogens with zero attached hydrogens (tertiary/aromatic N) is 2. The molecule has 34 heavy (non-hydrogen) atoms. The molecule has 2 heterocycles. The smallest absolute Gasteiger partial charge is 0.338 e. The van der Waals surface area contributed by atoms with Crippen molar-refractivity contribution in [2.45, 2.75) is 26.8 Å². The van der Waals surface area contributed by atoms with Gasteiger partial charge >= 0.3 is 11.9 Å². The van der Waals surface area contributed by atoms with E-state index in [-0.39, 0.29) is 17.7 Å². The Labute approximate surface area is 204 Å². The second-order valence-corrected chi connectivity index (χ2v) is 8.90. The highest BCUT2D eigenvalue weighted by atomic mass is 35.5. The third-order valence-corrected chi connectivity index (χ3v) is 6.49. The molecule has 7 nitrogen and oxygen atoms in total. The van der Waals surface area contributed by atoms with Gasteiger partial charge in [-0.2, -0.15) is 0 Å². The standard InChI is InChI=1S/C25H21ClN2O5S/c1-4-32-24(31)21-14(2)27-25-28(22(21)16-9-11-18(12-10-16)33-15(3)29)23(30)20(34-25)13-17-7-5-6-8-19(17)26/h5-13,22H,4H2,1-3H3/t22-/m0/s1. The number of rotatable bonds is 5. The largest absolute Gasteiger partial charge is 0.463 e. The van der Waals surface area contributed by atoms with E-state index in [0.29, 0.717) is 36.9 Å². The lowest BCUT2D eigenvalue weighted by molar-refractivity contribution is -0.139. The minimum atomic E-state index is -0.755. The van der Waals surface area contributed by atoms with Crippen molar-refractivity contribution in [1.29, 1.82) is 0 Å². The predicted molar refractivity (Wildman–Crippen MR) is 130 cm³/mol. The molecule has 0 radical (unpaired) electrons. The van der Waals surface area contributed by atoms with Crippen LogP contribution in [0.5, 0.6) is 5.75 Å². The van der Waals surface area contributed by atoms with Gasteiger partial charge < -0.3 is 9.47 Å². The fourth-order valence-corrected chi connectivity index (χ4v) is 4.95. The molecule has 0 bridgehead atoms. The van der Waals surface area contributed by atoms with Gasteiger partial charge in [-0.25, -0.2) is 9.79 Å². The number of hydrogen-bond acceptors (Lipinski definition) is 7. The monoisotopic (exact) mass is 496 g/mol. The van der Waals surface area contributed by atoms with E-state index in [1.54, 1.807) is 50.3 Å². The number of allylic oxidation sites excluding steroid dienone is 1. The lowest BCUT2D eigenvalue weighted by Crippen LogP contribution is -2.39. The summed E-state index contributed by atoms with van der Waals surface area (Å²) in [6.07, 6.45) is 1.72. The maximum atomic E-state index is 13.6. The maximum absolute atomic E-state index is 13.6. The first-order valence-corrected chi connectivity index (χ1v) is 11.7. The lowest BCUT2D eigenvalue weighted by atomic mass is 9.96. The average molecular weight is 497 g/mol. The summed E-state index contributed by atoms with van der Waals surface area (Å²) in [7, 11) is 0. The summed E-state index contributed by atoms with van der Waals surface area (Å²) in [6.45, 7) is 4.94. The molecule has 0 fully saturated rings. The zero-order valence-corrected chi connectivity index (χ0v) is 20.3. The van der Waals surface area contributed by atoms with E-state index in [2.05, 4.69) is 4.99 Å². The van der Waals surface area contributed by atoms with Crippen LogP contribution < -0.4 is 19.6 Å². The molecule has 0 N–H and O–H groups in total. The highest BCUT2D eigenvalue weighted by Crippen LogP contribution is 2.31. The molecule has 1 aliphatic rings. The van der Waals surface area contributed by atoms with E-state index in [1.165, 1.54) is 22.8 Å². The predicted octanol–water partition coefficient (Wildman–Crippen LogP) is 3.38. The number of halogens is 1. The molecule has 0 unspecified atom stereocenters. The van der Waals surface area contributed by atoms with Crippen LogP contribution in [0.15, 0.2) is 69.6 Å². The number of esters is 2. The quantitative estimate of drug-likeness (QED) is 0.399. The van der Waals surface area contributed by atoms with Crippen LogP contribution in [-0.4, -0.2) is 23.1 Å². The molecule has 0 aliphatic carbocycles. The Bertz CT molecular complexity index is 1480. The van der Waals surface area contributed by atoms with Gasteiger partial charge in [0.15, 0.2) is 4.80 Å². The molecule has 1 aromatic heterocycles. The first-order chi connectivity index (χ1) is 16.3. The molecule has 2 aromatic carbocycles. The summed E-state index contributed by atoms with van der Waals surface area (Å²) in [5.74, 6) is -0.623. The van der Waals surface area contributed by atoms with Crippen molar-refractivity contribution >= 4 is 41.0 Å². The number of fused-ring (bicyclic) bond motifs is 1. The van der Waals surface area contributed by atoms with Crippen molar-refractivity contribution in [2.75, 3.05) is 6.61 Å². The van der Waals surface area contributed by atoms with Crippen LogP contribution in [0.4, 0.5) is 0 Å². The molecule has 9 heteroatoms. The molecule has 1 atom stereocenters. The summed E-state index contributed by atoms with van der Waals surface area (Å²) in [5.41, 5.74) is 1.81. The van der Waals surface area contributed by atoms with Gasteiger partial charge in [0.2, 0.25) is 0 Å². The van der Waals surface area contributed by atoms with Gasteiger partial charge in [-0.1, -0.05) is 53.3 Å². The van der Waals surface area contributed by atoms with Gasteiger partial charge in [0.1, 0.15) is 5.75 Å². The van der Waals surface area contributed by atoms with Crippen molar-refractivity contribution in [1.82, 2.24) is 4.57 Å². The van der Waals surface area contributed by atoms with Gasteiger partial charge in [-0.05, 0) is 49.2 Å². The molecule has 1 aliphatic heterocycles. The van der Waals surface area contributed by atoms with Crippen LogP contribution in [0, 0.1) is 0 Å². The van der Waals surface area contributed by atoms with Crippen molar-refractivity contribution in [3.05, 3.63) is 95.6 Å². The van der Waals surface area contributed by atoms with Crippen LogP contribution in [0.3, 0.4) is 0 Å². The Hall–Kier alpha value is -3.49. The highest BCUT2D eigenvalue weighted by Gasteiger charge is 2.33. The number of carbonyl (C=O) groups is 2. The van der Waals surface area contributed by atoms with E-state index < -0.39 is 18.0 Å². The van der Waals surface area contributed by atoms with Crippen molar-refractivity contribution in [3.8, 4) is 5.75 Å². The molecule has 0 amide bonds. The van der Waals surface area contributed by atoms with Gasteiger partial charge in [-0.3, -0.25) is 14.2 Å². The van der Waals surface area contributed by atoms with E-state index in [1.807, 2.05) is 18.2 Å². The zero-order valence-electron chi connectivity index (χ0n) is 18.7. The van der Waals surface area contributed by atoms with E-state index in [9.17, 15) is 14.4 Å². The van der Waals surface area contributed by atoms with Crippen molar-refractivity contribution in [3.63, 3.8) is 0 Å². The SMILES string of the molecule is CCOC(=O)C1=C(C)N=c2sc(=Cc3ccccc3Cl)c(=O)n2[C@H]1c1ccc(OC(C)=O)cc1. The number of thiazole rings is 1. The minimum absolute atomic E-state index is 0.185. The molecule has 0 saturated heterocycles. The first-order valence-electron chi connectivity index (χ1n) is 10.5. The maximum Gasteiger partial charge on any atom is 0.338 e. The number of benzene rings is 2. The van der Waals surface area contributed by atoms with E-state index in [4.69, 9.17) is 21.1 Å². The van der Waals surface area contributed by atoms with Gasteiger partial charge in [0.25, 0.3) is 5.56 Å². The van der Waals surface area contributed by atoms with Crippen LogP contribution in [0.1, 0.15) is 37.9 Å². The number of carbonyl (C=O) groups excluding carboxylic acids is 2. The van der Waals surface area contributed by atoms with E-state index >= 15 is 0 Å². The topological polar surface area (TPSA) is 87.0 Å². The van der Waals surface area contributed by atoms with Crippen LogP contribution in [0.25, 0.3) is 6.08 Å². The fraction of sp³-hybridized carbons (Fsp3) is 0.200. The molecular weight excluding hydrogens is 476 g/mol. The first kappa shape index (κ1) is 23.7. The highest BCUT2D eigenvalue weighted by molar-refractivity contribution is 7.07. The molecule has 3 aromatic rings. The second-order valence-electron chi connectivity index (χ2n) is 7.49. The Morgan fingerprint density at radius 3 is 2.53 bits per heavy atom. The minimum Gasteiger partial charge on any atom is -0.463 e. The van der Waals surface area contributed by atoms with Crippen molar-refractivity contribution < 1.29 is 19.1 Å². The molecular formula is C25H21ClN2O5S. The molecule has 4 rings (SSSR count). The fourth-order valence-electron chi connectivity index (χ4n) is 3.72. The Morgan fingerprint density at radius 1 is 1.18 bits per heavy atom.